The van der Waals surface area contributed by atoms with Crippen molar-refractivity contribution in [2.24, 2.45) is 0 Å². The monoisotopic (exact) mass is 308 g/mol. The fourth-order valence-corrected chi connectivity index (χ4v) is 3.31. The van der Waals surface area contributed by atoms with E-state index in [2.05, 4.69) is 15.5 Å². The Hall–Kier alpha value is -1.40. The molecule has 0 radical (unpaired) electrons. The summed E-state index contributed by atoms with van der Waals surface area (Å²) in [5.41, 5.74) is 7.96. The minimum atomic E-state index is -0.0608. The molecule has 0 aromatic heterocycles. The average Bonchev–Trinajstić information content (AvgIpc) is 2.49. The molecule has 1 aliphatic heterocycles. The maximum Gasteiger partial charge on any atom is 0.253 e. The Balaban J connectivity index is 1.94. The number of benzene rings is 1. The maximum atomic E-state index is 12.0. The maximum absolute atomic E-state index is 12.0. The van der Waals surface area contributed by atoms with Crippen LogP contribution in [0.25, 0.3) is 0 Å². The Bertz CT molecular complexity index is 475. The van der Waals surface area contributed by atoms with E-state index in [0.29, 0.717) is 17.8 Å². The van der Waals surface area contributed by atoms with Crippen LogP contribution in [0.2, 0.25) is 0 Å². The van der Waals surface area contributed by atoms with Gasteiger partial charge in [0, 0.05) is 55.6 Å². The van der Waals surface area contributed by atoms with E-state index in [1.165, 1.54) is 11.5 Å². The van der Waals surface area contributed by atoms with Crippen LogP contribution in [-0.2, 0) is 0 Å². The molecule has 0 bridgehead atoms. The normalized spacial score (nSPS) is 15.7. The molecule has 1 aromatic carbocycles. The summed E-state index contributed by atoms with van der Waals surface area (Å²) in [6.07, 6.45) is 0. The second-order valence-corrected chi connectivity index (χ2v) is 6.27. The van der Waals surface area contributed by atoms with Gasteiger partial charge in [-0.3, -0.25) is 9.69 Å². The van der Waals surface area contributed by atoms with Crippen LogP contribution >= 0.6 is 11.8 Å². The first kappa shape index (κ1) is 16.0. The van der Waals surface area contributed by atoms with Crippen LogP contribution in [0, 0.1) is 0 Å². The van der Waals surface area contributed by atoms with Gasteiger partial charge < -0.3 is 16.4 Å². The Kier molecular flexibility index (Phi) is 6.20. The minimum Gasteiger partial charge on any atom is -0.399 e. The summed E-state index contributed by atoms with van der Waals surface area (Å²) in [5.74, 6) is 2.36. The number of nitrogen functional groups attached to an aromatic ring is 1. The largest absolute Gasteiger partial charge is 0.399 e. The highest BCUT2D eigenvalue weighted by Crippen LogP contribution is 2.19. The van der Waals surface area contributed by atoms with Crippen molar-refractivity contribution in [2.45, 2.75) is 6.92 Å². The number of thioether (sulfide) groups is 1. The number of carbonyl (C=O) groups excluding carboxylic acids is 1. The van der Waals surface area contributed by atoms with Crippen LogP contribution in [-0.4, -0.2) is 55.0 Å². The molecule has 1 aliphatic rings. The Morgan fingerprint density at radius 2 is 2.14 bits per heavy atom. The third-order valence-corrected chi connectivity index (χ3v) is 4.42. The van der Waals surface area contributed by atoms with E-state index in [-0.39, 0.29) is 5.91 Å². The Labute approximate surface area is 130 Å². The first-order chi connectivity index (χ1) is 10.2. The molecule has 1 saturated heterocycles. The van der Waals surface area contributed by atoms with Crippen molar-refractivity contribution >= 4 is 29.0 Å². The first-order valence-electron chi connectivity index (χ1n) is 7.42. The molecule has 21 heavy (non-hydrogen) atoms. The molecule has 6 heteroatoms. The van der Waals surface area contributed by atoms with Gasteiger partial charge in [0.2, 0.25) is 0 Å². The van der Waals surface area contributed by atoms with E-state index < -0.39 is 0 Å². The fourth-order valence-electron chi connectivity index (χ4n) is 2.34. The van der Waals surface area contributed by atoms with Gasteiger partial charge in [-0.1, -0.05) is 0 Å². The molecule has 1 heterocycles. The molecule has 1 aromatic rings. The molecule has 5 nitrogen and oxygen atoms in total. The lowest BCUT2D eigenvalue weighted by Crippen LogP contribution is -2.36. The van der Waals surface area contributed by atoms with E-state index in [9.17, 15) is 4.79 Å². The fraction of sp³-hybridized carbons (Fsp3) is 0.533. The van der Waals surface area contributed by atoms with Crippen LogP contribution in [0.15, 0.2) is 18.2 Å². The second kappa shape index (κ2) is 8.14. The molecule has 0 aliphatic carbocycles. The van der Waals surface area contributed by atoms with Crippen molar-refractivity contribution in [1.29, 1.82) is 0 Å². The van der Waals surface area contributed by atoms with Gasteiger partial charge in [0.1, 0.15) is 0 Å². The number of nitrogens with one attached hydrogen (secondary N) is 2. The quantitative estimate of drug-likeness (QED) is 0.695. The highest BCUT2D eigenvalue weighted by Gasteiger charge is 2.12. The van der Waals surface area contributed by atoms with Gasteiger partial charge >= 0.3 is 0 Å². The molecule has 1 fully saturated rings. The number of anilines is 2. The Morgan fingerprint density at radius 3 is 2.86 bits per heavy atom. The predicted molar refractivity (Wildman–Crippen MR) is 91.1 cm³/mol. The standard InChI is InChI=1S/C15H24N4OS/c1-2-17-15(20)13-4-3-12(16)11-14(13)18-5-6-19-7-9-21-10-8-19/h3-4,11,18H,2,5-10,16H2,1H3,(H,17,20). The van der Waals surface area contributed by atoms with E-state index >= 15 is 0 Å². The zero-order chi connectivity index (χ0) is 15.1. The van der Waals surface area contributed by atoms with Gasteiger partial charge in [-0.2, -0.15) is 11.8 Å². The number of rotatable bonds is 6. The molecule has 0 spiro atoms. The van der Waals surface area contributed by atoms with E-state index in [0.717, 1.165) is 31.9 Å². The van der Waals surface area contributed by atoms with E-state index in [1.807, 2.05) is 24.8 Å². The third-order valence-electron chi connectivity index (χ3n) is 3.47. The van der Waals surface area contributed by atoms with Crippen molar-refractivity contribution in [3.8, 4) is 0 Å². The number of hydrogen-bond donors (Lipinski definition) is 3. The zero-order valence-electron chi connectivity index (χ0n) is 12.5. The Morgan fingerprint density at radius 1 is 1.38 bits per heavy atom. The van der Waals surface area contributed by atoms with Gasteiger partial charge in [0.05, 0.1) is 5.56 Å². The molecule has 0 atom stereocenters. The number of nitrogens with two attached hydrogens (primary N) is 1. The molecular weight excluding hydrogens is 284 g/mol. The van der Waals surface area contributed by atoms with Crippen molar-refractivity contribution in [1.82, 2.24) is 10.2 Å². The zero-order valence-corrected chi connectivity index (χ0v) is 13.3. The van der Waals surface area contributed by atoms with E-state index in [4.69, 9.17) is 5.73 Å². The lowest BCUT2D eigenvalue weighted by Gasteiger charge is -2.26. The third kappa shape index (κ3) is 4.82. The summed E-state index contributed by atoms with van der Waals surface area (Å²) in [4.78, 5) is 14.5. The minimum absolute atomic E-state index is 0.0608. The van der Waals surface area contributed by atoms with Gasteiger partial charge in [-0.05, 0) is 25.1 Å². The molecule has 0 saturated carbocycles. The van der Waals surface area contributed by atoms with Crippen molar-refractivity contribution < 1.29 is 4.79 Å². The van der Waals surface area contributed by atoms with Gasteiger partial charge in [0.15, 0.2) is 0 Å². The molecule has 116 valence electrons. The highest BCUT2D eigenvalue weighted by molar-refractivity contribution is 7.99. The van der Waals surface area contributed by atoms with Crippen molar-refractivity contribution in [3.05, 3.63) is 23.8 Å². The van der Waals surface area contributed by atoms with Crippen molar-refractivity contribution in [2.75, 3.05) is 55.3 Å². The van der Waals surface area contributed by atoms with Gasteiger partial charge in [0.25, 0.3) is 5.91 Å². The predicted octanol–water partition coefficient (Wildman–Crippen LogP) is 1.48. The number of carbonyl (C=O) groups is 1. The highest BCUT2D eigenvalue weighted by atomic mass is 32.2. The van der Waals surface area contributed by atoms with Gasteiger partial charge in [-0.25, -0.2) is 0 Å². The van der Waals surface area contributed by atoms with Crippen LogP contribution in [0.3, 0.4) is 0 Å². The topological polar surface area (TPSA) is 70.4 Å². The summed E-state index contributed by atoms with van der Waals surface area (Å²) in [7, 11) is 0. The molecule has 1 amide bonds. The van der Waals surface area contributed by atoms with Crippen LogP contribution < -0.4 is 16.4 Å². The summed E-state index contributed by atoms with van der Waals surface area (Å²) in [5, 5.41) is 6.18. The lowest BCUT2D eigenvalue weighted by atomic mass is 10.1. The number of amides is 1. The van der Waals surface area contributed by atoms with E-state index in [1.54, 1.807) is 12.1 Å². The smallest absolute Gasteiger partial charge is 0.253 e. The molecule has 0 unspecified atom stereocenters. The SMILES string of the molecule is CCNC(=O)c1ccc(N)cc1NCCN1CCSCC1. The average molecular weight is 308 g/mol. The van der Waals surface area contributed by atoms with Crippen molar-refractivity contribution in [3.63, 3.8) is 0 Å². The molecule has 4 N–H and O–H groups in total. The molecule has 2 rings (SSSR count). The number of hydrogen-bond acceptors (Lipinski definition) is 5. The molecular formula is C15H24N4OS. The second-order valence-electron chi connectivity index (χ2n) is 5.05. The summed E-state index contributed by atoms with van der Waals surface area (Å²) >= 11 is 2.01. The van der Waals surface area contributed by atoms with Gasteiger partial charge in [-0.15, -0.1) is 0 Å². The number of nitrogens with zero attached hydrogens (tertiary/aromatic N) is 1. The lowest BCUT2D eigenvalue weighted by molar-refractivity contribution is 0.0956. The summed E-state index contributed by atoms with van der Waals surface area (Å²) < 4.78 is 0. The van der Waals surface area contributed by atoms with Crippen LogP contribution in [0.5, 0.6) is 0 Å². The summed E-state index contributed by atoms with van der Waals surface area (Å²) in [6.45, 7) is 6.63. The van der Waals surface area contributed by atoms with Crippen LogP contribution in [0.4, 0.5) is 11.4 Å². The van der Waals surface area contributed by atoms with Crippen LogP contribution in [0.1, 0.15) is 17.3 Å². The first-order valence-corrected chi connectivity index (χ1v) is 8.58. The summed E-state index contributed by atoms with van der Waals surface area (Å²) in [6, 6.07) is 5.37.